The van der Waals surface area contributed by atoms with Crippen molar-refractivity contribution in [1.29, 1.82) is 0 Å². The molecule has 2 aromatic heterocycles. The van der Waals surface area contributed by atoms with E-state index in [1.807, 2.05) is 25.3 Å². The van der Waals surface area contributed by atoms with E-state index in [0.29, 0.717) is 11.4 Å². The summed E-state index contributed by atoms with van der Waals surface area (Å²) in [5, 5.41) is 11.8. The third-order valence-electron chi connectivity index (χ3n) is 12.0. The van der Waals surface area contributed by atoms with E-state index in [-0.39, 0.29) is 16.6 Å². The van der Waals surface area contributed by atoms with E-state index in [2.05, 4.69) is 205 Å². The van der Waals surface area contributed by atoms with Gasteiger partial charge in [0.25, 0.3) is 0 Å². The molecule has 62 heavy (non-hydrogen) atoms. The maximum atomic E-state index is 11.8. The molecule has 4 heteroatoms. The Morgan fingerprint density at radius 1 is 0.468 bits per heavy atom. The SMILES string of the molecule is Cc1cc(C)c(O)c(-c2nc3c(-c4cc(-c5cc(-c6ccc(-c7ccccc7)cc6)ccn5)cc(C(C)(C)C)c4)cccc3n2-c2cc(-c3ccccc3)cc(C(C)(C)C)c2)c1. The molecule has 2 heterocycles. The summed E-state index contributed by atoms with van der Waals surface area (Å²) in [7, 11) is 0. The number of aromatic hydroxyl groups is 1. The van der Waals surface area contributed by atoms with Gasteiger partial charge in [0.2, 0.25) is 0 Å². The predicted molar refractivity (Wildman–Crippen MR) is 260 cm³/mol. The molecule has 9 rings (SSSR count). The molecule has 9 aromatic rings. The number of pyridine rings is 1. The molecule has 1 N–H and O–H groups in total. The second kappa shape index (κ2) is 15.8. The zero-order chi connectivity index (χ0) is 43.3. The fourth-order valence-corrected chi connectivity index (χ4v) is 8.49. The number of hydrogen-bond donors (Lipinski definition) is 1. The van der Waals surface area contributed by atoms with Crippen molar-refractivity contribution in [2.45, 2.75) is 66.2 Å². The van der Waals surface area contributed by atoms with Gasteiger partial charge in [-0.05, 0) is 134 Å². The Balaban J connectivity index is 1.25. The van der Waals surface area contributed by atoms with Crippen molar-refractivity contribution in [3.8, 4) is 78.6 Å². The van der Waals surface area contributed by atoms with Gasteiger partial charge in [0.1, 0.15) is 11.6 Å². The highest BCUT2D eigenvalue weighted by Gasteiger charge is 2.25. The fourth-order valence-electron chi connectivity index (χ4n) is 8.49. The molecule has 0 amide bonds. The Hall–Kier alpha value is -7.04. The van der Waals surface area contributed by atoms with Crippen molar-refractivity contribution >= 4 is 11.0 Å². The molecule has 0 spiro atoms. The molecule has 0 saturated carbocycles. The quantitative estimate of drug-likeness (QED) is 0.174. The highest BCUT2D eigenvalue weighted by molar-refractivity contribution is 5.97. The van der Waals surface area contributed by atoms with Gasteiger partial charge in [0.05, 0.1) is 22.3 Å². The van der Waals surface area contributed by atoms with Crippen LogP contribution in [0, 0.1) is 13.8 Å². The average molecular weight is 808 g/mol. The fraction of sp³-hybridized carbons (Fsp3) is 0.172. The van der Waals surface area contributed by atoms with Crippen LogP contribution in [0.5, 0.6) is 5.75 Å². The average Bonchev–Trinajstić information content (AvgIpc) is 3.67. The molecule has 0 atom stereocenters. The summed E-state index contributed by atoms with van der Waals surface area (Å²) in [6.45, 7) is 17.6. The summed E-state index contributed by atoms with van der Waals surface area (Å²) >= 11 is 0. The van der Waals surface area contributed by atoms with Crippen molar-refractivity contribution in [1.82, 2.24) is 14.5 Å². The number of hydrogen-bond acceptors (Lipinski definition) is 3. The van der Waals surface area contributed by atoms with Crippen LogP contribution >= 0.6 is 0 Å². The van der Waals surface area contributed by atoms with Gasteiger partial charge >= 0.3 is 0 Å². The molecule has 0 aliphatic carbocycles. The second-order valence-corrected chi connectivity index (χ2v) is 18.7. The highest BCUT2D eigenvalue weighted by Crippen LogP contribution is 2.42. The first-order valence-electron chi connectivity index (χ1n) is 21.5. The van der Waals surface area contributed by atoms with Crippen molar-refractivity contribution in [2.24, 2.45) is 0 Å². The lowest BCUT2D eigenvalue weighted by atomic mass is 9.83. The van der Waals surface area contributed by atoms with E-state index in [4.69, 9.17) is 9.97 Å². The molecule has 0 aliphatic rings. The van der Waals surface area contributed by atoms with Gasteiger partial charge in [0.15, 0.2) is 0 Å². The van der Waals surface area contributed by atoms with Gasteiger partial charge in [-0.2, -0.15) is 0 Å². The summed E-state index contributed by atoms with van der Waals surface area (Å²) in [5.74, 6) is 0.934. The summed E-state index contributed by atoms with van der Waals surface area (Å²) in [5.41, 5.74) is 18.5. The molecule has 0 fully saturated rings. The molecular weight excluding hydrogens is 755 g/mol. The number of benzene rings is 7. The number of aryl methyl sites for hydroxylation is 2. The van der Waals surface area contributed by atoms with Gasteiger partial charge < -0.3 is 5.11 Å². The van der Waals surface area contributed by atoms with Gasteiger partial charge in [-0.3, -0.25) is 9.55 Å². The lowest BCUT2D eigenvalue weighted by Crippen LogP contribution is -2.12. The second-order valence-electron chi connectivity index (χ2n) is 18.7. The molecule has 4 nitrogen and oxygen atoms in total. The van der Waals surface area contributed by atoms with E-state index in [1.165, 1.54) is 22.3 Å². The normalized spacial score (nSPS) is 11.9. The highest BCUT2D eigenvalue weighted by atomic mass is 16.3. The monoisotopic (exact) mass is 807 g/mol. The topological polar surface area (TPSA) is 50.9 Å². The van der Waals surface area contributed by atoms with E-state index in [9.17, 15) is 5.11 Å². The van der Waals surface area contributed by atoms with Crippen molar-refractivity contribution in [3.05, 3.63) is 192 Å². The first-order chi connectivity index (χ1) is 29.7. The summed E-state index contributed by atoms with van der Waals surface area (Å²) < 4.78 is 2.25. The minimum Gasteiger partial charge on any atom is -0.507 e. The molecule has 0 aliphatic heterocycles. The van der Waals surface area contributed by atoms with E-state index >= 15 is 0 Å². The van der Waals surface area contributed by atoms with Crippen LogP contribution in [-0.2, 0) is 10.8 Å². The molecule has 0 saturated heterocycles. The predicted octanol–water partition coefficient (Wildman–Crippen LogP) is 15.3. The minimum absolute atomic E-state index is 0.121. The third-order valence-corrected chi connectivity index (χ3v) is 12.0. The lowest BCUT2D eigenvalue weighted by molar-refractivity contribution is 0.472. The number of nitrogens with zero attached hydrogens (tertiary/aromatic N) is 3. The van der Waals surface area contributed by atoms with Crippen LogP contribution in [-0.4, -0.2) is 19.6 Å². The van der Waals surface area contributed by atoms with Crippen molar-refractivity contribution in [2.75, 3.05) is 0 Å². The van der Waals surface area contributed by atoms with Gasteiger partial charge in [-0.15, -0.1) is 0 Å². The Kier molecular flexibility index (Phi) is 10.3. The maximum absolute atomic E-state index is 11.8. The zero-order valence-electron chi connectivity index (χ0n) is 37.0. The Labute approximate surface area is 366 Å². The van der Waals surface area contributed by atoms with Crippen LogP contribution in [0.3, 0.4) is 0 Å². The number of aromatic nitrogens is 3. The van der Waals surface area contributed by atoms with Crippen LogP contribution in [0.4, 0.5) is 0 Å². The molecular formula is C58H53N3O. The largest absolute Gasteiger partial charge is 0.507 e. The molecule has 0 radical (unpaired) electrons. The number of rotatable bonds is 7. The number of phenolic OH excluding ortho intramolecular Hbond substituents is 1. The molecule has 7 aromatic carbocycles. The first-order valence-corrected chi connectivity index (χ1v) is 21.5. The van der Waals surface area contributed by atoms with E-state index in [1.54, 1.807) is 0 Å². The van der Waals surface area contributed by atoms with E-state index < -0.39 is 0 Å². The maximum Gasteiger partial charge on any atom is 0.149 e. The van der Waals surface area contributed by atoms with Gasteiger partial charge in [-0.1, -0.05) is 157 Å². The summed E-state index contributed by atoms with van der Waals surface area (Å²) in [6, 6.07) is 58.4. The Bertz CT molecular complexity index is 3090. The van der Waals surface area contributed by atoms with Crippen LogP contribution in [0.15, 0.2) is 170 Å². The standard InChI is InChI=1S/C58H53N3O/c1-37-28-38(2)55(62)51(29-37)56-60-54-50(20-15-21-53(54)61(56)49-34-44(40-18-13-10-14-19-40)31-48(36-49)58(6,7)8)45-30-46(33-47(32-45)57(3,4)5)52-35-43(26-27-59-52)42-24-22-41(23-25-42)39-16-11-9-12-17-39/h9-36,62H,1-8H3. The Morgan fingerprint density at radius 2 is 1.05 bits per heavy atom. The van der Waals surface area contributed by atoms with Gasteiger partial charge in [-0.25, -0.2) is 4.98 Å². The lowest BCUT2D eigenvalue weighted by Gasteiger charge is -2.23. The summed E-state index contributed by atoms with van der Waals surface area (Å²) in [4.78, 5) is 10.5. The molecule has 306 valence electrons. The smallest absolute Gasteiger partial charge is 0.149 e. The minimum atomic E-state index is -0.139. The van der Waals surface area contributed by atoms with Crippen LogP contribution in [0.25, 0.3) is 83.9 Å². The molecule has 0 bridgehead atoms. The number of para-hydroxylation sites is 1. The number of imidazole rings is 1. The first kappa shape index (κ1) is 40.4. The van der Waals surface area contributed by atoms with Gasteiger partial charge in [0, 0.05) is 23.0 Å². The van der Waals surface area contributed by atoms with Crippen molar-refractivity contribution < 1.29 is 5.11 Å². The summed E-state index contributed by atoms with van der Waals surface area (Å²) in [6.07, 6.45) is 1.92. The van der Waals surface area contributed by atoms with Crippen LogP contribution in [0.2, 0.25) is 0 Å². The van der Waals surface area contributed by atoms with Crippen LogP contribution in [0.1, 0.15) is 63.8 Å². The van der Waals surface area contributed by atoms with Crippen molar-refractivity contribution in [3.63, 3.8) is 0 Å². The molecule has 0 unspecified atom stereocenters. The number of fused-ring (bicyclic) bond motifs is 1. The van der Waals surface area contributed by atoms with Crippen LogP contribution < -0.4 is 0 Å². The third kappa shape index (κ3) is 7.85. The van der Waals surface area contributed by atoms with E-state index in [0.717, 1.165) is 72.5 Å². The number of phenols is 1. The Morgan fingerprint density at radius 3 is 1.71 bits per heavy atom. The zero-order valence-corrected chi connectivity index (χ0v) is 37.0.